The third-order valence-corrected chi connectivity index (χ3v) is 3.93. The summed E-state index contributed by atoms with van der Waals surface area (Å²) in [7, 11) is 0. The van der Waals surface area contributed by atoms with E-state index >= 15 is 0 Å². The lowest BCUT2D eigenvalue weighted by atomic mass is 10.1. The Balaban J connectivity index is 2.05. The first-order chi connectivity index (χ1) is 8.96. The van der Waals surface area contributed by atoms with Crippen molar-refractivity contribution in [1.82, 2.24) is 14.8 Å². The van der Waals surface area contributed by atoms with E-state index in [2.05, 4.69) is 26.0 Å². The summed E-state index contributed by atoms with van der Waals surface area (Å²) in [5, 5.41) is 4.55. The number of nitrogens with zero attached hydrogens (tertiary/aromatic N) is 3. The Morgan fingerprint density at radius 2 is 2.21 bits per heavy atom. The van der Waals surface area contributed by atoms with Gasteiger partial charge in [0.2, 0.25) is 0 Å². The van der Waals surface area contributed by atoms with Crippen LogP contribution in [0, 0.1) is 5.82 Å². The summed E-state index contributed by atoms with van der Waals surface area (Å²) in [6.45, 7) is 5.24. The van der Waals surface area contributed by atoms with E-state index in [1.807, 2.05) is 18.5 Å². The van der Waals surface area contributed by atoms with Gasteiger partial charge < -0.3 is 4.74 Å². The minimum Gasteiger partial charge on any atom is -0.367 e. The molecule has 3 rings (SSSR count). The predicted octanol–water partition coefficient (Wildman–Crippen LogP) is 3.16. The number of halogens is 2. The van der Waals surface area contributed by atoms with Gasteiger partial charge in [-0.1, -0.05) is 0 Å². The zero-order chi connectivity index (χ0) is 13.6. The molecule has 0 amide bonds. The van der Waals surface area contributed by atoms with Gasteiger partial charge in [0.1, 0.15) is 11.5 Å². The van der Waals surface area contributed by atoms with Crippen molar-refractivity contribution in [3.05, 3.63) is 34.3 Å². The molecule has 0 N–H and O–H groups in total. The summed E-state index contributed by atoms with van der Waals surface area (Å²) in [4.78, 5) is 4.07. The molecule has 0 fully saturated rings. The van der Waals surface area contributed by atoms with Gasteiger partial charge in [-0.2, -0.15) is 5.10 Å². The summed E-state index contributed by atoms with van der Waals surface area (Å²) < 4.78 is 21.5. The van der Waals surface area contributed by atoms with Gasteiger partial charge in [-0.15, -0.1) is 0 Å². The molecule has 19 heavy (non-hydrogen) atoms. The third-order valence-electron chi connectivity index (χ3n) is 3.09. The molecular formula is C13H13BrFN3O. The molecule has 0 bridgehead atoms. The maximum Gasteiger partial charge on any atom is 0.141 e. The van der Waals surface area contributed by atoms with Crippen LogP contribution < -0.4 is 0 Å². The van der Waals surface area contributed by atoms with Crippen molar-refractivity contribution in [2.75, 3.05) is 0 Å². The molecule has 3 heterocycles. The Morgan fingerprint density at radius 1 is 1.42 bits per heavy atom. The van der Waals surface area contributed by atoms with E-state index in [0.29, 0.717) is 18.8 Å². The van der Waals surface area contributed by atoms with E-state index in [1.54, 1.807) is 6.07 Å². The predicted molar refractivity (Wildman–Crippen MR) is 72.0 cm³/mol. The quantitative estimate of drug-likeness (QED) is 0.808. The molecule has 0 unspecified atom stereocenters. The molecule has 0 spiro atoms. The van der Waals surface area contributed by atoms with Crippen LogP contribution in [0.5, 0.6) is 0 Å². The van der Waals surface area contributed by atoms with E-state index in [9.17, 15) is 4.39 Å². The number of aromatic nitrogens is 3. The Kier molecular flexibility index (Phi) is 2.94. The highest BCUT2D eigenvalue weighted by molar-refractivity contribution is 9.10. The van der Waals surface area contributed by atoms with Crippen molar-refractivity contribution in [3.63, 3.8) is 0 Å². The summed E-state index contributed by atoms with van der Waals surface area (Å²) in [5.74, 6) is -0.353. The highest BCUT2D eigenvalue weighted by Gasteiger charge is 2.30. The second-order valence-electron chi connectivity index (χ2n) is 5.18. The van der Waals surface area contributed by atoms with Gasteiger partial charge in [-0.05, 0) is 41.9 Å². The van der Waals surface area contributed by atoms with Crippen LogP contribution >= 0.6 is 15.9 Å². The van der Waals surface area contributed by atoms with Crippen molar-refractivity contribution in [1.29, 1.82) is 0 Å². The molecular weight excluding hydrogens is 313 g/mol. The van der Waals surface area contributed by atoms with E-state index in [4.69, 9.17) is 4.74 Å². The number of hydrogen-bond acceptors (Lipinski definition) is 3. The number of hydrogen-bond donors (Lipinski definition) is 0. The fraction of sp³-hybridized carbons (Fsp3) is 0.385. The third kappa shape index (κ3) is 2.30. The van der Waals surface area contributed by atoms with E-state index in [-0.39, 0.29) is 11.4 Å². The van der Waals surface area contributed by atoms with Gasteiger partial charge in [0, 0.05) is 0 Å². The normalized spacial score (nSPS) is 17.3. The van der Waals surface area contributed by atoms with Gasteiger partial charge in [-0.25, -0.2) is 4.39 Å². The Hall–Kier alpha value is -1.27. The SMILES string of the molecule is CC1(C)Cn2nc(-c3ccc(F)cn3)c(Br)c2CO1. The van der Waals surface area contributed by atoms with Crippen LogP contribution in [0.1, 0.15) is 19.5 Å². The van der Waals surface area contributed by atoms with E-state index < -0.39 is 0 Å². The molecule has 0 saturated carbocycles. The molecule has 2 aromatic heterocycles. The number of ether oxygens (including phenoxy) is 1. The first-order valence-corrected chi connectivity index (χ1v) is 6.77. The Bertz CT molecular complexity index is 622. The lowest BCUT2D eigenvalue weighted by Crippen LogP contribution is -2.36. The highest BCUT2D eigenvalue weighted by atomic mass is 79.9. The first-order valence-electron chi connectivity index (χ1n) is 5.97. The van der Waals surface area contributed by atoms with Crippen molar-refractivity contribution in [3.8, 4) is 11.4 Å². The molecule has 0 aliphatic carbocycles. The molecule has 0 saturated heterocycles. The molecule has 2 aromatic rings. The molecule has 0 atom stereocenters. The second-order valence-corrected chi connectivity index (χ2v) is 5.97. The standard InChI is InChI=1S/C13H13BrFN3O/c1-13(2)7-18-10(6-19-13)11(14)12(17-18)9-4-3-8(15)5-16-9/h3-5H,6-7H2,1-2H3. The number of rotatable bonds is 1. The molecule has 1 aliphatic heterocycles. The summed E-state index contributed by atoms with van der Waals surface area (Å²) in [6.07, 6.45) is 1.19. The summed E-state index contributed by atoms with van der Waals surface area (Å²) in [5.41, 5.74) is 2.12. The molecule has 6 heteroatoms. The monoisotopic (exact) mass is 325 g/mol. The molecule has 100 valence electrons. The van der Waals surface area contributed by atoms with Gasteiger partial charge in [-0.3, -0.25) is 9.67 Å². The fourth-order valence-electron chi connectivity index (χ4n) is 2.09. The molecule has 1 aliphatic rings. The van der Waals surface area contributed by atoms with Gasteiger partial charge in [0.15, 0.2) is 0 Å². The summed E-state index contributed by atoms with van der Waals surface area (Å²) >= 11 is 3.53. The summed E-state index contributed by atoms with van der Waals surface area (Å²) in [6, 6.07) is 3.01. The van der Waals surface area contributed by atoms with Crippen LogP contribution in [0.25, 0.3) is 11.4 Å². The average Bonchev–Trinajstić information content (AvgIpc) is 2.65. The number of fused-ring (bicyclic) bond motifs is 1. The Labute approximate surface area is 118 Å². The van der Waals surface area contributed by atoms with Crippen LogP contribution in [-0.2, 0) is 17.9 Å². The number of pyridine rings is 1. The fourth-order valence-corrected chi connectivity index (χ4v) is 2.69. The van der Waals surface area contributed by atoms with Gasteiger partial charge in [0.25, 0.3) is 0 Å². The minimum absolute atomic E-state index is 0.230. The van der Waals surface area contributed by atoms with Crippen LogP contribution in [0.2, 0.25) is 0 Å². The lowest BCUT2D eigenvalue weighted by Gasteiger charge is -2.30. The minimum atomic E-state index is -0.353. The van der Waals surface area contributed by atoms with Crippen LogP contribution in [0.4, 0.5) is 4.39 Å². The van der Waals surface area contributed by atoms with E-state index in [0.717, 1.165) is 15.9 Å². The van der Waals surface area contributed by atoms with Crippen LogP contribution in [-0.4, -0.2) is 20.4 Å². The van der Waals surface area contributed by atoms with Crippen molar-refractivity contribution < 1.29 is 9.13 Å². The van der Waals surface area contributed by atoms with Gasteiger partial charge in [0.05, 0.1) is 40.8 Å². The lowest BCUT2D eigenvalue weighted by molar-refractivity contribution is -0.0663. The Morgan fingerprint density at radius 3 is 2.89 bits per heavy atom. The van der Waals surface area contributed by atoms with Crippen molar-refractivity contribution >= 4 is 15.9 Å². The van der Waals surface area contributed by atoms with Crippen LogP contribution in [0.15, 0.2) is 22.8 Å². The molecule has 4 nitrogen and oxygen atoms in total. The van der Waals surface area contributed by atoms with Gasteiger partial charge >= 0.3 is 0 Å². The maximum absolute atomic E-state index is 12.9. The van der Waals surface area contributed by atoms with Crippen molar-refractivity contribution in [2.45, 2.75) is 32.6 Å². The highest BCUT2D eigenvalue weighted by Crippen LogP contribution is 2.34. The van der Waals surface area contributed by atoms with E-state index in [1.165, 1.54) is 12.3 Å². The topological polar surface area (TPSA) is 39.9 Å². The maximum atomic E-state index is 12.9. The second kappa shape index (κ2) is 4.38. The van der Waals surface area contributed by atoms with Crippen LogP contribution in [0.3, 0.4) is 0 Å². The molecule has 0 radical (unpaired) electrons. The smallest absolute Gasteiger partial charge is 0.141 e. The average molecular weight is 326 g/mol. The van der Waals surface area contributed by atoms with Crippen molar-refractivity contribution in [2.24, 2.45) is 0 Å². The first kappa shape index (κ1) is 12.7. The zero-order valence-electron chi connectivity index (χ0n) is 10.7. The molecule has 0 aromatic carbocycles. The largest absolute Gasteiger partial charge is 0.367 e. The zero-order valence-corrected chi connectivity index (χ0v) is 12.2.